The number of para-hydroxylation sites is 2. The number of aromatic nitrogens is 3. The molecule has 1 spiro atoms. The number of ketones is 1. The van der Waals surface area contributed by atoms with Gasteiger partial charge in [0.05, 0.1) is 11.7 Å². The fourth-order valence-electron chi connectivity index (χ4n) is 8.15. The highest BCUT2D eigenvalue weighted by atomic mass is 16.5. The molecular weight excluding hydrogens is 674 g/mol. The van der Waals surface area contributed by atoms with Crippen LogP contribution in [-0.4, -0.2) is 49.2 Å². The number of nitrogens with zero attached hydrogens (tertiary/aromatic N) is 2. The number of H-pyrrole nitrogens is 1. The highest BCUT2D eigenvalue weighted by Crippen LogP contribution is 2.59. The van der Waals surface area contributed by atoms with Crippen LogP contribution >= 0.6 is 0 Å². The minimum atomic E-state index is -1.18. The predicted octanol–water partition coefficient (Wildman–Crippen LogP) is 6.62. The number of aliphatic hydroxyl groups excluding tert-OH is 1. The molecular formula is C41H39N5O7. The number of carbonyl (C=O) groups excluding carboxylic acids is 2. The molecule has 3 aliphatic heterocycles. The smallest absolute Gasteiger partial charge is 0.249 e. The Morgan fingerprint density at radius 2 is 1.85 bits per heavy atom. The van der Waals surface area contributed by atoms with E-state index in [-0.39, 0.29) is 53.9 Å². The van der Waals surface area contributed by atoms with Crippen LogP contribution in [0.2, 0.25) is 0 Å². The molecule has 9 rings (SSSR count). The number of benzene rings is 3. The number of phenols is 1. The van der Waals surface area contributed by atoms with Crippen molar-refractivity contribution in [1.29, 1.82) is 0 Å². The average molecular weight is 714 g/mol. The summed E-state index contributed by atoms with van der Waals surface area (Å²) in [4.78, 5) is 40.4. The van der Waals surface area contributed by atoms with Gasteiger partial charge in [0.2, 0.25) is 17.7 Å². The Bertz CT molecular complexity index is 2420. The van der Waals surface area contributed by atoms with Crippen molar-refractivity contribution >= 4 is 28.3 Å². The molecule has 6 heterocycles. The second-order valence-corrected chi connectivity index (χ2v) is 15.0. The van der Waals surface area contributed by atoms with Crippen molar-refractivity contribution in [2.75, 3.05) is 5.32 Å². The molecule has 6 aromatic rings. The van der Waals surface area contributed by atoms with Crippen LogP contribution < -0.4 is 15.4 Å². The molecule has 1 unspecified atom stereocenters. The normalized spacial score (nSPS) is 22.1. The molecule has 270 valence electrons. The molecule has 3 aromatic heterocycles. The van der Waals surface area contributed by atoms with Crippen LogP contribution in [0.3, 0.4) is 0 Å². The quantitative estimate of drug-likeness (QED) is 0.121. The molecule has 12 nitrogen and oxygen atoms in total. The third-order valence-corrected chi connectivity index (χ3v) is 10.9. The molecule has 0 saturated carbocycles. The zero-order valence-corrected chi connectivity index (χ0v) is 29.6. The first-order valence-corrected chi connectivity index (χ1v) is 18.0. The largest absolute Gasteiger partial charge is 0.506 e. The fourth-order valence-corrected chi connectivity index (χ4v) is 8.15. The molecule has 5 N–H and O–H groups in total. The number of aliphatic hydroxyl groups is 1. The topological polar surface area (TPSA) is 176 Å². The molecule has 3 aromatic carbocycles. The summed E-state index contributed by atoms with van der Waals surface area (Å²) in [7, 11) is 0. The zero-order valence-electron chi connectivity index (χ0n) is 29.6. The molecule has 0 fully saturated rings. The highest BCUT2D eigenvalue weighted by Gasteiger charge is 2.61. The number of carbonyl (C=O) groups is 2. The number of nitrogens with one attached hydrogen (secondary N) is 3. The Morgan fingerprint density at radius 3 is 2.66 bits per heavy atom. The van der Waals surface area contributed by atoms with E-state index in [9.17, 15) is 19.8 Å². The molecule has 5 atom stereocenters. The molecule has 3 aliphatic rings. The van der Waals surface area contributed by atoms with E-state index in [1.807, 2.05) is 62.4 Å². The first kappa shape index (κ1) is 33.0. The summed E-state index contributed by atoms with van der Waals surface area (Å²) in [5.41, 5.74) is 4.02. The third-order valence-electron chi connectivity index (χ3n) is 10.9. The number of hydrogen-bond acceptors (Lipinski definition) is 10. The molecule has 1 amide bonds. The number of rotatable bonds is 7. The number of amides is 1. The van der Waals surface area contributed by atoms with Crippen LogP contribution in [0.5, 0.6) is 11.5 Å². The number of anilines is 1. The molecule has 0 saturated heterocycles. The first-order chi connectivity index (χ1) is 25.5. The average Bonchev–Trinajstić information content (AvgIpc) is 3.96. The van der Waals surface area contributed by atoms with Crippen molar-refractivity contribution in [3.8, 4) is 34.4 Å². The number of phenolic OH excluding ortho intramolecular Hbond substituents is 1. The minimum Gasteiger partial charge on any atom is -0.506 e. The van der Waals surface area contributed by atoms with Gasteiger partial charge in [0.1, 0.15) is 29.1 Å². The monoisotopic (exact) mass is 713 g/mol. The van der Waals surface area contributed by atoms with E-state index in [4.69, 9.17) is 23.5 Å². The maximum Gasteiger partial charge on any atom is 0.249 e. The lowest BCUT2D eigenvalue weighted by molar-refractivity contribution is -0.135. The lowest BCUT2D eigenvalue weighted by Gasteiger charge is -2.28. The van der Waals surface area contributed by atoms with Gasteiger partial charge in [-0.25, -0.2) is 9.97 Å². The van der Waals surface area contributed by atoms with Gasteiger partial charge in [-0.3, -0.25) is 9.59 Å². The van der Waals surface area contributed by atoms with Gasteiger partial charge in [-0.2, -0.15) is 0 Å². The van der Waals surface area contributed by atoms with Crippen molar-refractivity contribution in [3.63, 3.8) is 0 Å². The summed E-state index contributed by atoms with van der Waals surface area (Å²) in [6.45, 7) is 7.49. The van der Waals surface area contributed by atoms with Gasteiger partial charge in [-0.15, -0.1) is 0 Å². The first-order valence-electron chi connectivity index (χ1n) is 18.0. The van der Waals surface area contributed by atoms with Crippen molar-refractivity contribution < 1.29 is 33.4 Å². The molecule has 12 heteroatoms. The van der Waals surface area contributed by atoms with E-state index in [2.05, 4.69) is 15.6 Å². The summed E-state index contributed by atoms with van der Waals surface area (Å²) in [5, 5.41) is 28.6. The Kier molecular flexibility index (Phi) is 7.53. The van der Waals surface area contributed by atoms with Crippen molar-refractivity contribution in [2.24, 2.45) is 17.8 Å². The summed E-state index contributed by atoms with van der Waals surface area (Å²) in [6, 6.07) is 18.4. The van der Waals surface area contributed by atoms with E-state index in [1.165, 1.54) is 0 Å². The van der Waals surface area contributed by atoms with Crippen LogP contribution in [-0.2, 0) is 21.4 Å². The number of oxazole rings is 2. The van der Waals surface area contributed by atoms with Gasteiger partial charge < -0.3 is 39.4 Å². The number of fused-ring (bicyclic) bond motifs is 5. The van der Waals surface area contributed by atoms with Gasteiger partial charge in [0, 0.05) is 40.7 Å². The van der Waals surface area contributed by atoms with Crippen LogP contribution in [0.1, 0.15) is 68.5 Å². The molecule has 4 bridgehead atoms. The number of hydrogen-bond donors (Lipinski definition) is 5. The van der Waals surface area contributed by atoms with E-state index in [1.54, 1.807) is 38.4 Å². The maximum atomic E-state index is 14.2. The number of Topliss-reactive ketones (excluding diaryl/α,β-unsaturated/α-hetero) is 1. The van der Waals surface area contributed by atoms with Crippen molar-refractivity contribution in [3.05, 3.63) is 101 Å². The Balaban J connectivity index is 1.26. The number of aromatic hydroxyl groups is 1. The lowest BCUT2D eigenvalue weighted by atomic mass is 9.72. The van der Waals surface area contributed by atoms with E-state index in [0.717, 1.165) is 27.8 Å². The van der Waals surface area contributed by atoms with E-state index >= 15 is 0 Å². The van der Waals surface area contributed by atoms with Crippen LogP contribution in [0.25, 0.3) is 33.8 Å². The van der Waals surface area contributed by atoms with Crippen LogP contribution in [0.4, 0.5) is 5.69 Å². The minimum absolute atomic E-state index is 0.121. The summed E-state index contributed by atoms with van der Waals surface area (Å²) < 4.78 is 20.1. The van der Waals surface area contributed by atoms with Crippen LogP contribution in [0.15, 0.2) is 81.9 Å². The second-order valence-electron chi connectivity index (χ2n) is 15.0. The summed E-state index contributed by atoms with van der Waals surface area (Å²) in [6.07, 6.45) is 1.72. The second kappa shape index (κ2) is 12.1. The molecule has 53 heavy (non-hydrogen) atoms. The van der Waals surface area contributed by atoms with Crippen LogP contribution in [0, 0.1) is 17.8 Å². The Hall–Kier alpha value is -5.88. The van der Waals surface area contributed by atoms with Gasteiger partial charge in [0.25, 0.3) is 0 Å². The third kappa shape index (κ3) is 4.99. The van der Waals surface area contributed by atoms with Crippen molar-refractivity contribution in [2.45, 2.75) is 64.3 Å². The Morgan fingerprint density at radius 1 is 1.02 bits per heavy atom. The van der Waals surface area contributed by atoms with Gasteiger partial charge >= 0.3 is 0 Å². The molecule has 0 radical (unpaired) electrons. The number of aromatic amines is 1. The predicted molar refractivity (Wildman–Crippen MR) is 195 cm³/mol. The fraction of sp³-hybridized carbons (Fsp3) is 0.317. The van der Waals surface area contributed by atoms with Crippen molar-refractivity contribution in [1.82, 2.24) is 20.3 Å². The standard InChI is InChI=1S/C41H39N5O7/c1-19(2)32-39-46-34(38-43-18-31(51-38)24-17-42-33-23(24)8-7-11-28(33)47)36(53-39)41-25-9-5-6-10-27(25)44-40(41)52-30-13-12-21(15-26(30)41)14-22(37(50)45-32)16-29(48)35(49)20(3)4/h5-13,15,17-20,22,32,35,40,42,44,47,49H,14,16H2,1-4H3,(H,45,50)/t22-,32+,35+,40+,41?/m1/s1. The zero-order chi connectivity index (χ0) is 36.8. The SMILES string of the molecule is CC(C)[C@H](O)C(=O)C[C@H]1Cc2ccc3c(c2)C2(c4ccccc4N[C@H]2O3)c2oc(nc2-c2ncc(-c3c[nH]c4c(O)cccc34)o2)[C@H](C(C)C)NC1=O. The summed E-state index contributed by atoms with van der Waals surface area (Å²) in [5.74, 6) is 0.180. The summed E-state index contributed by atoms with van der Waals surface area (Å²) >= 11 is 0. The highest BCUT2D eigenvalue weighted by molar-refractivity contribution is 5.97. The van der Waals surface area contributed by atoms with E-state index in [0.29, 0.717) is 34.0 Å². The number of ether oxygens (including phenoxy) is 1. The Labute approximate surface area is 304 Å². The van der Waals surface area contributed by atoms with Gasteiger partial charge in [-0.05, 0) is 47.6 Å². The van der Waals surface area contributed by atoms with Gasteiger partial charge in [-0.1, -0.05) is 70.2 Å². The van der Waals surface area contributed by atoms with E-state index < -0.39 is 29.7 Å². The molecule has 0 aliphatic carbocycles. The lowest BCUT2D eigenvalue weighted by Crippen LogP contribution is -2.41. The maximum absolute atomic E-state index is 14.2. The van der Waals surface area contributed by atoms with Gasteiger partial charge in [0.15, 0.2) is 29.2 Å².